The van der Waals surface area contributed by atoms with Gasteiger partial charge in [0.05, 0.1) is 17.3 Å². The fraction of sp³-hybridized carbons (Fsp3) is 0.364. The van der Waals surface area contributed by atoms with E-state index in [2.05, 4.69) is 56.1 Å². The molecule has 3 amide bonds. The van der Waals surface area contributed by atoms with E-state index in [4.69, 9.17) is 0 Å². The number of urea groups is 1. The normalized spacial score (nSPS) is 12.7. The van der Waals surface area contributed by atoms with E-state index in [0.717, 1.165) is 23.1 Å². The number of rotatable bonds is 7. The van der Waals surface area contributed by atoms with Crippen molar-refractivity contribution in [2.45, 2.75) is 40.5 Å². The van der Waals surface area contributed by atoms with Crippen molar-refractivity contribution in [3.05, 3.63) is 90.2 Å². The topological polar surface area (TPSA) is 102 Å². The Hall–Kier alpha value is -4.33. The van der Waals surface area contributed by atoms with Crippen LogP contribution < -0.4 is 16.0 Å². The standard InChI is InChI=1S/C26H34N4O2.C3H6.C2H5N.C2H2/c1-7-20-13-18(2)14-23(15-20)30(26(32)29(5)6)25(31)19(3)24(17-28-4)22-10-8-9-21(16-27)11-12-22;1-3-2;1-2-3;1-2/h8-9,11-15,19,24,28H,7,10,17H2,1-6H3;3H,1H2,2H3;2H,1,3H2;1-2H/t19-,24+;;;/m0.../s1. The van der Waals surface area contributed by atoms with E-state index >= 15 is 0 Å². The summed E-state index contributed by atoms with van der Waals surface area (Å²) in [5.41, 5.74) is 8.93. The zero-order valence-electron chi connectivity index (χ0n) is 25.3. The van der Waals surface area contributed by atoms with Crippen molar-refractivity contribution in [2.75, 3.05) is 32.6 Å². The maximum Gasteiger partial charge on any atom is 0.330 e. The predicted octanol–water partition coefficient (Wildman–Crippen LogP) is 5.91. The SMILES string of the molecule is C#C.C=CC.C=CN.CCc1cc(C)cc(N(C(=O)[C@@H](C)[C@@H](CNC)C2=CC=C(C#N)C=CC2)C(=O)N(C)C)c1. The van der Waals surface area contributed by atoms with Crippen LogP contribution in [0, 0.1) is 42.9 Å². The van der Waals surface area contributed by atoms with Gasteiger partial charge in [0.1, 0.15) is 0 Å². The van der Waals surface area contributed by atoms with Crippen LogP contribution in [0.3, 0.4) is 0 Å². The Balaban J connectivity index is 0. The van der Waals surface area contributed by atoms with E-state index in [0.29, 0.717) is 24.2 Å². The molecule has 1 aliphatic rings. The number of anilines is 1. The Labute approximate surface area is 242 Å². The smallest absolute Gasteiger partial charge is 0.330 e. The molecule has 3 N–H and O–H groups in total. The molecular formula is C33H47N5O2. The number of aryl methyl sites for hydroxylation is 2. The molecule has 0 radical (unpaired) electrons. The number of hydrogen-bond donors (Lipinski definition) is 2. The minimum Gasteiger partial charge on any atom is -0.405 e. The highest BCUT2D eigenvalue weighted by molar-refractivity contribution is 6.15. The molecule has 0 bridgehead atoms. The quantitative estimate of drug-likeness (QED) is 0.328. The Morgan fingerprint density at radius 1 is 1.23 bits per heavy atom. The highest BCUT2D eigenvalue weighted by Crippen LogP contribution is 2.30. The third-order valence-electron chi connectivity index (χ3n) is 5.73. The predicted molar refractivity (Wildman–Crippen MR) is 169 cm³/mol. The summed E-state index contributed by atoms with van der Waals surface area (Å²) in [7, 11) is 5.16. The monoisotopic (exact) mass is 545 g/mol. The van der Waals surface area contributed by atoms with Gasteiger partial charge in [-0.3, -0.25) is 4.79 Å². The van der Waals surface area contributed by atoms with Gasteiger partial charge in [-0.05, 0) is 75.3 Å². The first-order chi connectivity index (χ1) is 19.1. The van der Waals surface area contributed by atoms with E-state index in [9.17, 15) is 14.9 Å². The molecule has 0 unspecified atom stereocenters. The molecule has 2 atom stereocenters. The van der Waals surface area contributed by atoms with Crippen LogP contribution >= 0.6 is 0 Å². The number of imide groups is 1. The molecular weight excluding hydrogens is 498 g/mol. The van der Waals surface area contributed by atoms with Gasteiger partial charge in [0.2, 0.25) is 5.91 Å². The molecule has 216 valence electrons. The molecule has 0 heterocycles. The summed E-state index contributed by atoms with van der Waals surface area (Å²) in [5.74, 6) is -0.816. The summed E-state index contributed by atoms with van der Waals surface area (Å²) in [6.45, 7) is 14.9. The van der Waals surface area contributed by atoms with Crippen molar-refractivity contribution in [2.24, 2.45) is 17.6 Å². The summed E-state index contributed by atoms with van der Waals surface area (Å²) < 4.78 is 0. The number of allylic oxidation sites excluding steroid dienone is 6. The number of carbonyl (C=O) groups is 2. The molecule has 0 saturated carbocycles. The fourth-order valence-electron chi connectivity index (χ4n) is 3.92. The van der Waals surface area contributed by atoms with Crippen LogP contribution in [0.1, 0.15) is 38.3 Å². The van der Waals surface area contributed by atoms with Crippen LogP contribution in [-0.4, -0.2) is 44.5 Å². The van der Waals surface area contributed by atoms with Crippen LogP contribution in [0.4, 0.5) is 10.5 Å². The number of nitrogens with two attached hydrogens (primary N) is 1. The summed E-state index contributed by atoms with van der Waals surface area (Å²) in [6.07, 6.45) is 19.9. The lowest BCUT2D eigenvalue weighted by atomic mass is 9.84. The molecule has 0 aromatic heterocycles. The largest absolute Gasteiger partial charge is 0.405 e. The van der Waals surface area contributed by atoms with Crippen molar-refractivity contribution >= 4 is 17.6 Å². The molecule has 7 nitrogen and oxygen atoms in total. The van der Waals surface area contributed by atoms with Gasteiger partial charge >= 0.3 is 6.03 Å². The van der Waals surface area contributed by atoms with E-state index in [1.807, 2.05) is 52.1 Å². The van der Waals surface area contributed by atoms with Gasteiger partial charge in [-0.2, -0.15) is 5.26 Å². The lowest BCUT2D eigenvalue weighted by Gasteiger charge is -2.32. The van der Waals surface area contributed by atoms with E-state index in [1.165, 1.54) is 16.0 Å². The molecule has 0 spiro atoms. The number of hydrogen-bond acceptors (Lipinski definition) is 5. The first-order valence-corrected chi connectivity index (χ1v) is 13.1. The van der Waals surface area contributed by atoms with Crippen LogP contribution in [0.5, 0.6) is 0 Å². The van der Waals surface area contributed by atoms with Gasteiger partial charge in [0, 0.05) is 32.5 Å². The summed E-state index contributed by atoms with van der Waals surface area (Å²) in [5, 5.41) is 12.4. The highest BCUT2D eigenvalue weighted by atomic mass is 16.2. The van der Waals surface area contributed by atoms with E-state index in [1.54, 1.807) is 32.3 Å². The van der Waals surface area contributed by atoms with Crippen LogP contribution in [0.15, 0.2) is 79.1 Å². The zero-order chi connectivity index (χ0) is 31.3. The third kappa shape index (κ3) is 12.5. The average Bonchev–Trinajstić information content (AvgIpc) is 3.18. The summed E-state index contributed by atoms with van der Waals surface area (Å²) in [6, 6.07) is 7.67. The van der Waals surface area contributed by atoms with Gasteiger partial charge in [-0.25, -0.2) is 9.69 Å². The second-order valence-corrected chi connectivity index (χ2v) is 9.06. The second kappa shape index (κ2) is 21.6. The zero-order valence-corrected chi connectivity index (χ0v) is 25.3. The number of nitriles is 1. The first kappa shape index (κ1) is 37.8. The molecule has 2 rings (SSSR count). The average molecular weight is 546 g/mol. The number of carbonyl (C=O) groups excluding carboxylic acids is 2. The van der Waals surface area contributed by atoms with Crippen molar-refractivity contribution in [3.8, 4) is 18.9 Å². The van der Waals surface area contributed by atoms with Crippen LogP contribution in [0.25, 0.3) is 0 Å². The molecule has 7 heteroatoms. The maximum absolute atomic E-state index is 13.8. The number of amides is 3. The molecule has 0 fully saturated rings. The molecule has 1 aromatic carbocycles. The Morgan fingerprint density at radius 2 is 1.80 bits per heavy atom. The molecule has 0 aliphatic heterocycles. The number of terminal acetylenes is 1. The number of nitrogens with zero attached hydrogens (tertiary/aromatic N) is 3. The fourth-order valence-corrected chi connectivity index (χ4v) is 3.92. The van der Waals surface area contributed by atoms with Gasteiger partial charge in [0.25, 0.3) is 0 Å². The Kier molecular flexibility index (Phi) is 20.4. The first-order valence-electron chi connectivity index (χ1n) is 13.1. The molecule has 1 aromatic rings. The van der Waals surface area contributed by atoms with Crippen molar-refractivity contribution in [1.82, 2.24) is 10.2 Å². The third-order valence-corrected chi connectivity index (χ3v) is 5.73. The number of benzene rings is 1. The molecule has 1 aliphatic carbocycles. The molecule has 40 heavy (non-hydrogen) atoms. The molecule has 0 saturated heterocycles. The Bertz CT molecular complexity index is 1110. The van der Waals surface area contributed by atoms with Crippen LogP contribution in [0.2, 0.25) is 0 Å². The van der Waals surface area contributed by atoms with E-state index in [-0.39, 0.29) is 17.9 Å². The van der Waals surface area contributed by atoms with Gasteiger partial charge in [-0.1, -0.05) is 50.3 Å². The lowest BCUT2D eigenvalue weighted by molar-refractivity contribution is -0.122. The highest BCUT2D eigenvalue weighted by Gasteiger charge is 2.34. The minimum atomic E-state index is -0.450. The van der Waals surface area contributed by atoms with E-state index < -0.39 is 5.92 Å². The summed E-state index contributed by atoms with van der Waals surface area (Å²) >= 11 is 0. The number of nitrogens with one attached hydrogen (secondary N) is 1. The van der Waals surface area contributed by atoms with Crippen molar-refractivity contribution < 1.29 is 9.59 Å². The van der Waals surface area contributed by atoms with Gasteiger partial charge in [0.15, 0.2) is 0 Å². The second-order valence-electron chi connectivity index (χ2n) is 9.06. The van der Waals surface area contributed by atoms with Gasteiger partial charge < -0.3 is 16.0 Å². The minimum absolute atomic E-state index is 0.126. The lowest BCUT2D eigenvalue weighted by Crippen LogP contribution is -2.48. The van der Waals surface area contributed by atoms with Crippen molar-refractivity contribution in [1.29, 1.82) is 5.26 Å². The van der Waals surface area contributed by atoms with Crippen LogP contribution in [-0.2, 0) is 11.2 Å². The Morgan fingerprint density at radius 3 is 2.27 bits per heavy atom. The van der Waals surface area contributed by atoms with Crippen molar-refractivity contribution in [3.63, 3.8) is 0 Å². The maximum atomic E-state index is 13.8. The summed E-state index contributed by atoms with van der Waals surface area (Å²) in [4.78, 5) is 29.7. The van der Waals surface area contributed by atoms with Gasteiger partial charge in [-0.15, -0.1) is 19.4 Å².